The summed E-state index contributed by atoms with van der Waals surface area (Å²) in [5.74, 6) is -0.687. The Morgan fingerprint density at radius 1 is 1.15 bits per heavy atom. The van der Waals surface area contributed by atoms with E-state index in [0.717, 1.165) is 11.6 Å². The van der Waals surface area contributed by atoms with E-state index in [1.807, 2.05) is 6.07 Å². The summed E-state index contributed by atoms with van der Waals surface area (Å²) in [7, 11) is -3.99. The molecule has 1 heterocycles. The summed E-state index contributed by atoms with van der Waals surface area (Å²) in [6.07, 6.45) is 1.17. The monoisotopic (exact) mass is 293 g/mol. The number of hydrogen-bond donors (Lipinski definition) is 1. The van der Waals surface area contributed by atoms with Gasteiger partial charge in [-0.25, -0.2) is 13.1 Å². The topological polar surface area (TPSA) is 102 Å². The molecule has 0 fully saturated rings. The third-order valence-corrected chi connectivity index (χ3v) is 3.94. The van der Waals surface area contributed by atoms with Gasteiger partial charge in [-0.1, -0.05) is 30.3 Å². The average Bonchev–Trinajstić information content (AvgIpc) is 2.46. The molecule has 0 atom stereocenters. The number of pyridine rings is 1. The lowest BCUT2D eigenvalue weighted by molar-refractivity contribution is -0.392. The Morgan fingerprint density at radius 3 is 2.50 bits per heavy atom. The van der Waals surface area contributed by atoms with Crippen molar-refractivity contribution >= 4 is 15.8 Å². The second-order valence-electron chi connectivity index (χ2n) is 3.89. The van der Waals surface area contributed by atoms with Crippen LogP contribution in [0.5, 0.6) is 0 Å². The van der Waals surface area contributed by atoms with Gasteiger partial charge in [0.1, 0.15) is 6.20 Å². The molecule has 1 aromatic heterocycles. The summed E-state index contributed by atoms with van der Waals surface area (Å²) in [6.45, 7) is 0.0508. The van der Waals surface area contributed by atoms with Crippen molar-refractivity contribution in [2.45, 2.75) is 11.4 Å². The Bertz CT molecular complexity index is 716. The fourth-order valence-corrected chi connectivity index (χ4v) is 2.72. The van der Waals surface area contributed by atoms with Gasteiger partial charge in [0.15, 0.2) is 4.90 Å². The van der Waals surface area contributed by atoms with Crippen LogP contribution in [0.15, 0.2) is 53.6 Å². The molecule has 2 aromatic rings. The Hall–Kier alpha value is -2.32. The van der Waals surface area contributed by atoms with Crippen LogP contribution in [0.2, 0.25) is 0 Å². The van der Waals surface area contributed by atoms with E-state index in [1.165, 1.54) is 12.3 Å². The fraction of sp³-hybridized carbons (Fsp3) is 0.0833. The van der Waals surface area contributed by atoms with Crippen LogP contribution in [0.4, 0.5) is 5.82 Å². The Kier molecular flexibility index (Phi) is 4.06. The normalized spacial score (nSPS) is 11.2. The lowest BCUT2D eigenvalue weighted by atomic mass is 10.2. The van der Waals surface area contributed by atoms with Gasteiger partial charge in [0.25, 0.3) is 0 Å². The third kappa shape index (κ3) is 3.16. The molecule has 0 aliphatic carbocycles. The molecule has 8 heteroatoms. The van der Waals surface area contributed by atoms with Gasteiger partial charge < -0.3 is 10.1 Å². The first kappa shape index (κ1) is 14.1. The summed E-state index contributed by atoms with van der Waals surface area (Å²) in [5, 5.41) is 10.8. The molecule has 20 heavy (non-hydrogen) atoms. The molecule has 0 aliphatic heterocycles. The minimum atomic E-state index is -3.99. The Balaban J connectivity index is 2.25. The van der Waals surface area contributed by atoms with Crippen molar-refractivity contribution in [1.29, 1.82) is 0 Å². The molecule has 0 aliphatic rings. The highest BCUT2D eigenvalue weighted by atomic mass is 32.2. The number of nitrogens with zero attached hydrogens (tertiary/aromatic N) is 2. The molecule has 2 rings (SSSR count). The molecule has 0 amide bonds. The molecule has 104 valence electrons. The van der Waals surface area contributed by atoms with Crippen molar-refractivity contribution in [3.8, 4) is 0 Å². The maximum atomic E-state index is 12.1. The van der Waals surface area contributed by atoms with Crippen molar-refractivity contribution in [2.24, 2.45) is 0 Å². The maximum Gasteiger partial charge on any atom is 0.383 e. The van der Waals surface area contributed by atoms with Crippen LogP contribution in [-0.2, 0) is 16.6 Å². The summed E-state index contributed by atoms with van der Waals surface area (Å²) in [4.78, 5) is 13.0. The maximum absolute atomic E-state index is 12.1. The molecule has 0 radical (unpaired) electrons. The lowest BCUT2D eigenvalue weighted by Gasteiger charge is -2.06. The number of sulfonamides is 1. The van der Waals surface area contributed by atoms with Gasteiger partial charge in [-0.2, -0.15) is 0 Å². The predicted octanol–water partition coefficient (Wildman–Crippen LogP) is 1.47. The molecule has 7 nitrogen and oxygen atoms in total. The van der Waals surface area contributed by atoms with Crippen LogP contribution < -0.4 is 4.72 Å². The van der Waals surface area contributed by atoms with Crippen molar-refractivity contribution in [2.75, 3.05) is 0 Å². The minimum Gasteiger partial charge on any atom is -0.358 e. The van der Waals surface area contributed by atoms with Crippen LogP contribution in [0.25, 0.3) is 0 Å². The zero-order valence-electron chi connectivity index (χ0n) is 10.3. The molecule has 0 spiro atoms. The van der Waals surface area contributed by atoms with Gasteiger partial charge in [0, 0.05) is 6.54 Å². The van der Waals surface area contributed by atoms with Crippen LogP contribution in [0, 0.1) is 10.1 Å². The summed E-state index contributed by atoms with van der Waals surface area (Å²) in [6, 6.07) is 11.3. The van der Waals surface area contributed by atoms with Crippen molar-refractivity contribution in [3.05, 3.63) is 64.3 Å². The SMILES string of the molecule is O=[N+]([O-])c1ncccc1S(=O)(=O)NCc1ccccc1. The Morgan fingerprint density at radius 2 is 1.85 bits per heavy atom. The first-order chi connectivity index (χ1) is 9.50. The van der Waals surface area contributed by atoms with Gasteiger partial charge in [0.2, 0.25) is 10.0 Å². The van der Waals surface area contributed by atoms with E-state index in [1.54, 1.807) is 24.3 Å². The number of hydrogen-bond acceptors (Lipinski definition) is 5. The highest BCUT2D eigenvalue weighted by Crippen LogP contribution is 2.19. The predicted molar refractivity (Wildman–Crippen MR) is 71.4 cm³/mol. The van der Waals surface area contributed by atoms with E-state index in [2.05, 4.69) is 9.71 Å². The summed E-state index contributed by atoms with van der Waals surface area (Å²) >= 11 is 0. The third-order valence-electron chi connectivity index (χ3n) is 2.52. The van der Waals surface area contributed by atoms with Crippen LogP contribution >= 0.6 is 0 Å². The van der Waals surface area contributed by atoms with E-state index < -0.39 is 25.7 Å². The number of nitrogens with one attached hydrogen (secondary N) is 1. The number of benzene rings is 1. The molecule has 0 saturated heterocycles. The Labute approximate surface area is 115 Å². The fourth-order valence-electron chi connectivity index (χ4n) is 1.58. The van der Waals surface area contributed by atoms with Crippen molar-refractivity contribution < 1.29 is 13.3 Å². The minimum absolute atomic E-state index is 0.0508. The van der Waals surface area contributed by atoms with Gasteiger partial charge in [-0.05, 0) is 27.6 Å². The van der Waals surface area contributed by atoms with E-state index in [4.69, 9.17) is 0 Å². The van der Waals surface area contributed by atoms with E-state index >= 15 is 0 Å². The second-order valence-corrected chi connectivity index (χ2v) is 5.63. The van der Waals surface area contributed by atoms with Crippen LogP contribution in [-0.4, -0.2) is 18.3 Å². The largest absolute Gasteiger partial charge is 0.383 e. The van der Waals surface area contributed by atoms with Gasteiger partial charge >= 0.3 is 5.82 Å². The first-order valence-corrected chi connectivity index (χ1v) is 7.12. The van der Waals surface area contributed by atoms with Crippen molar-refractivity contribution in [3.63, 3.8) is 0 Å². The number of nitro groups is 1. The van der Waals surface area contributed by atoms with Gasteiger partial charge in [-0.3, -0.25) is 0 Å². The highest BCUT2D eigenvalue weighted by Gasteiger charge is 2.26. The molecule has 0 saturated carbocycles. The highest BCUT2D eigenvalue weighted by molar-refractivity contribution is 7.89. The molecule has 0 bridgehead atoms. The summed E-state index contributed by atoms with van der Waals surface area (Å²) in [5.41, 5.74) is 0.752. The number of rotatable bonds is 5. The van der Waals surface area contributed by atoms with E-state index in [9.17, 15) is 18.5 Å². The molecular weight excluding hydrogens is 282 g/mol. The molecular formula is C12H11N3O4S. The number of aromatic nitrogens is 1. The zero-order chi connectivity index (χ0) is 14.6. The smallest absolute Gasteiger partial charge is 0.358 e. The molecule has 1 aromatic carbocycles. The van der Waals surface area contributed by atoms with E-state index in [-0.39, 0.29) is 6.54 Å². The second kappa shape index (κ2) is 5.76. The first-order valence-electron chi connectivity index (χ1n) is 5.64. The van der Waals surface area contributed by atoms with Gasteiger partial charge in [-0.15, -0.1) is 0 Å². The standard InChI is InChI=1S/C12H11N3O4S/c16-15(17)12-11(7-4-8-13-12)20(18,19)14-9-10-5-2-1-3-6-10/h1-8,14H,9H2. The van der Waals surface area contributed by atoms with Crippen molar-refractivity contribution in [1.82, 2.24) is 9.71 Å². The van der Waals surface area contributed by atoms with Crippen LogP contribution in [0.1, 0.15) is 5.56 Å². The lowest BCUT2D eigenvalue weighted by Crippen LogP contribution is -2.24. The van der Waals surface area contributed by atoms with Gasteiger partial charge in [0.05, 0.1) is 0 Å². The van der Waals surface area contributed by atoms with Crippen LogP contribution in [0.3, 0.4) is 0 Å². The molecule has 0 unspecified atom stereocenters. The zero-order valence-corrected chi connectivity index (χ0v) is 11.1. The van der Waals surface area contributed by atoms with E-state index in [0.29, 0.717) is 0 Å². The average molecular weight is 293 g/mol. The summed E-state index contributed by atoms with van der Waals surface area (Å²) < 4.78 is 26.5. The quantitative estimate of drug-likeness (QED) is 0.664. The molecule has 1 N–H and O–H groups in total.